The van der Waals surface area contributed by atoms with Gasteiger partial charge in [-0.15, -0.1) is 11.6 Å². The van der Waals surface area contributed by atoms with E-state index in [1.807, 2.05) is 0 Å². The lowest BCUT2D eigenvalue weighted by molar-refractivity contribution is -0.0552. The van der Waals surface area contributed by atoms with Crippen molar-refractivity contribution in [3.8, 4) is 0 Å². The van der Waals surface area contributed by atoms with Crippen LogP contribution in [0.2, 0.25) is 0 Å². The quantitative estimate of drug-likeness (QED) is 0.156. The molecule has 2 heterocycles. The Balaban J connectivity index is 2.10. The second-order valence-corrected chi connectivity index (χ2v) is 12.0. The summed E-state index contributed by atoms with van der Waals surface area (Å²) in [5.41, 5.74) is 6.22. The summed E-state index contributed by atoms with van der Waals surface area (Å²) in [5.74, 6) is 0. The van der Waals surface area contributed by atoms with E-state index in [2.05, 4.69) is 18.5 Å². The summed E-state index contributed by atoms with van der Waals surface area (Å²) < 4.78 is 50.9. The minimum atomic E-state index is -5.70. The molecule has 31 heavy (non-hydrogen) atoms. The molecule has 1 saturated heterocycles. The van der Waals surface area contributed by atoms with Crippen LogP contribution in [0, 0.1) is 0 Å². The van der Waals surface area contributed by atoms with E-state index in [0.717, 1.165) is 4.90 Å². The van der Waals surface area contributed by atoms with Gasteiger partial charge in [0.2, 0.25) is 0 Å². The highest BCUT2D eigenvalue weighted by Gasteiger charge is 2.56. The average Bonchev–Trinajstić information content (AvgIpc) is 2.76. The van der Waals surface area contributed by atoms with Gasteiger partial charge < -0.3 is 40.5 Å². The molecule has 7 atom stereocenters. The maximum atomic E-state index is 12.2. The van der Waals surface area contributed by atoms with Crippen molar-refractivity contribution in [3.05, 3.63) is 11.8 Å². The van der Waals surface area contributed by atoms with Crippen molar-refractivity contribution in [3.63, 3.8) is 0 Å². The number of carbonyl (C=O) groups excluding carboxylic acids is 1. The predicted octanol–water partition coefficient (Wildman–Crippen LogP) is -0.373. The highest BCUT2D eigenvalue weighted by atomic mass is 35.5. The zero-order valence-corrected chi connectivity index (χ0v) is 19.3. The van der Waals surface area contributed by atoms with Crippen molar-refractivity contribution < 1.29 is 61.1 Å². The van der Waals surface area contributed by atoms with Crippen LogP contribution in [-0.4, -0.2) is 71.7 Å². The van der Waals surface area contributed by atoms with Crippen molar-refractivity contribution in [2.75, 3.05) is 6.61 Å². The highest BCUT2D eigenvalue weighted by Crippen LogP contribution is 2.66. The number of amides is 2. The minimum Gasteiger partial charge on any atom is -0.388 e. The number of urea groups is 1. The largest absolute Gasteiger partial charge is 0.490 e. The van der Waals surface area contributed by atoms with Crippen molar-refractivity contribution >= 4 is 41.1 Å². The third-order valence-electron chi connectivity index (χ3n) is 4.13. The van der Waals surface area contributed by atoms with Gasteiger partial charge in [0, 0.05) is 6.20 Å². The second-order valence-electron chi connectivity index (χ2n) is 6.72. The summed E-state index contributed by atoms with van der Waals surface area (Å²) in [7, 11) is -16.7. The van der Waals surface area contributed by atoms with Gasteiger partial charge in [-0.3, -0.25) is 9.42 Å². The van der Waals surface area contributed by atoms with E-state index >= 15 is 0 Å². The Morgan fingerprint density at radius 1 is 1.26 bits per heavy atom. The molecule has 0 radical (unpaired) electrons. The van der Waals surface area contributed by atoms with Crippen LogP contribution in [0.3, 0.4) is 0 Å². The first-order valence-electron chi connectivity index (χ1n) is 8.18. The molecule has 1 fully saturated rings. The van der Waals surface area contributed by atoms with Crippen LogP contribution in [0.15, 0.2) is 11.8 Å². The number of nitrogens with zero attached hydrogens (tertiary/aromatic N) is 1. The molecule has 2 aliphatic rings. The molecule has 2 amide bonds. The maximum absolute atomic E-state index is 12.2. The zero-order chi connectivity index (χ0) is 24.0. The van der Waals surface area contributed by atoms with Gasteiger partial charge in [-0.2, -0.15) is 8.62 Å². The molecule has 2 rings (SSSR count). The Morgan fingerprint density at radius 3 is 2.39 bits per heavy atom. The number of hydrogen-bond donors (Lipinski definition) is 7. The van der Waals surface area contributed by atoms with Crippen molar-refractivity contribution in [2.24, 2.45) is 5.73 Å². The van der Waals surface area contributed by atoms with Gasteiger partial charge in [-0.25, -0.2) is 18.5 Å². The first-order chi connectivity index (χ1) is 13.8. The van der Waals surface area contributed by atoms with E-state index in [9.17, 15) is 28.5 Å². The molecule has 3 unspecified atom stereocenters. The van der Waals surface area contributed by atoms with Crippen LogP contribution in [0.25, 0.3) is 0 Å². The highest BCUT2D eigenvalue weighted by molar-refractivity contribution is 7.66. The average molecular weight is 532 g/mol. The minimum absolute atomic E-state index is 0.530. The molecule has 2 aliphatic heterocycles. The van der Waals surface area contributed by atoms with Gasteiger partial charge in [0.05, 0.1) is 6.61 Å². The molecule has 0 aromatic carbocycles. The molecular formula is C11H21ClN3O13P3. The number of nitrogens with two attached hydrogens (primary N) is 1. The summed E-state index contributed by atoms with van der Waals surface area (Å²) >= 11 is 6.32. The van der Waals surface area contributed by atoms with E-state index in [0.29, 0.717) is 5.57 Å². The number of phosphoric ester groups is 1. The molecule has 0 aromatic rings. The maximum Gasteiger partial charge on any atom is 0.490 e. The second kappa shape index (κ2) is 9.09. The third-order valence-corrected chi connectivity index (χ3v) is 8.35. The van der Waals surface area contributed by atoms with Gasteiger partial charge in [-0.05, 0) is 19.4 Å². The Bertz CT molecular complexity index is 893. The molecule has 8 N–H and O–H groups in total. The van der Waals surface area contributed by atoms with Crippen LogP contribution in [0.4, 0.5) is 4.79 Å². The topological polar surface area (TPSA) is 248 Å². The number of carbonyl (C=O) groups is 1. The molecule has 0 saturated carbocycles. The van der Waals surface area contributed by atoms with Crippen LogP contribution in [0.1, 0.15) is 13.8 Å². The Hall–Kier alpha value is -0.410. The van der Waals surface area contributed by atoms with Gasteiger partial charge in [0.25, 0.3) is 0 Å². The summed E-state index contributed by atoms with van der Waals surface area (Å²) in [6.45, 7) is 1.99. The number of alkyl halides is 1. The number of nitrogens with one attached hydrogen (secondary N) is 1. The molecule has 20 heteroatoms. The number of ether oxygens (including phenoxy) is 1. The number of phosphoric acid groups is 3. The third kappa shape index (κ3) is 6.79. The van der Waals surface area contributed by atoms with Crippen LogP contribution in [0.5, 0.6) is 0 Å². The van der Waals surface area contributed by atoms with E-state index in [1.54, 1.807) is 6.92 Å². The number of aliphatic hydroxyl groups is 1. The lowest BCUT2D eigenvalue weighted by Gasteiger charge is -2.37. The monoisotopic (exact) mass is 531 g/mol. The summed E-state index contributed by atoms with van der Waals surface area (Å²) in [4.78, 5) is 47.3. The number of aliphatic hydroxyl groups excluding tert-OH is 1. The molecule has 0 aliphatic carbocycles. The van der Waals surface area contributed by atoms with Crippen LogP contribution >= 0.6 is 35.1 Å². The summed E-state index contributed by atoms with van der Waals surface area (Å²) in [6.07, 6.45) is -3.72. The smallest absolute Gasteiger partial charge is 0.388 e. The number of halogens is 1. The first-order valence-corrected chi connectivity index (χ1v) is 13.1. The standard InChI is InChI=1S/C11H21ClN3O13P3/c1-5-3-15(10(17)14-8(5)13)9-11(2,12)7(16)6(26-9)4-25-30(21,22)28-31(23,24)27-29(18,19)20/h3,6-9,16H,4,13H2,1-2H3,(H,14,17)(H,21,22)(H,23,24)(H2,18,19,20)/t6-,7-,8?,9-,11-/m1/s1. The van der Waals surface area contributed by atoms with Crippen LogP contribution < -0.4 is 11.1 Å². The van der Waals surface area contributed by atoms with Crippen molar-refractivity contribution in [2.45, 2.75) is 43.3 Å². The summed E-state index contributed by atoms with van der Waals surface area (Å²) in [5, 5.41) is 12.8. The SMILES string of the molecule is CC1=CN([C@@H]2O[C@H](COP(=O)(O)OP(=O)(O)OP(=O)(O)O)[C@@H](O)[C@@]2(C)Cl)C(=O)NC1N. The van der Waals surface area contributed by atoms with Crippen LogP contribution in [-0.2, 0) is 31.6 Å². The van der Waals surface area contributed by atoms with E-state index < -0.39 is 65.6 Å². The number of rotatable bonds is 8. The normalized spacial score (nSPS) is 35.8. The van der Waals surface area contributed by atoms with E-state index in [4.69, 9.17) is 36.8 Å². The predicted molar refractivity (Wildman–Crippen MR) is 101 cm³/mol. The first kappa shape index (κ1) is 26.8. The molecular weight excluding hydrogens is 511 g/mol. The lowest BCUT2D eigenvalue weighted by atomic mass is 10.0. The van der Waals surface area contributed by atoms with Gasteiger partial charge >= 0.3 is 29.5 Å². The molecule has 0 aromatic heterocycles. The molecule has 0 bridgehead atoms. The van der Waals surface area contributed by atoms with E-state index in [-0.39, 0.29) is 0 Å². The number of hydrogen-bond acceptors (Lipinski definition) is 10. The van der Waals surface area contributed by atoms with Gasteiger partial charge in [0.15, 0.2) is 6.23 Å². The molecule has 0 spiro atoms. The van der Waals surface area contributed by atoms with E-state index in [1.165, 1.54) is 13.1 Å². The van der Waals surface area contributed by atoms with Gasteiger partial charge in [-0.1, -0.05) is 0 Å². The van der Waals surface area contributed by atoms with Crippen molar-refractivity contribution in [1.82, 2.24) is 10.2 Å². The van der Waals surface area contributed by atoms with Crippen molar-refractivity contribution in [1.29, 1.82) is 0 Å². The fraction of sp³-hybridized carbons (Fsp3) is 0.727. The molecule has 180 valence electrons. The lowest BCUT2D eigenvalue weighted by Crippen LogP contribution is -2.58. The van der Waals surface area contributed by atoms with Gasteiger partial charge in [0.1, 0.15) is 23.2 Å². The zero-order valence-electron chi connectivity index (χ0n) is 15.8. The molecule has 16 nitrogen and oxygen atoms in total. The Morgan fingerprint density at radius 2 is 1.84 bits per heavy atom. The Kier molecular flexibility index (Phi) is 7.87. The summed E-state index contributed by atoms with van der Waals surface area (Å²) in [6, 6.07) is -0.698. The fourth-order valence-corrected chi connectivity index (χ4v) is 6.00. The Labute approximate surface area is 180 Å². The fourth-order valence-electron chi connectivity index (χ4n) is 2.68.